The number of aliphatic hydroxyl groups excluding tert-OH is 4. The van der Waals surface area contributed by atoms with Crippen molar-refractivity contribution in [2.75, 3.05) is 40.3 Å². The minimum absolute atomic E-state index is 0.120. The van der Waals surface area contributed by atoms with E-state index in [-0.39, 0.29) is 43.2 Å². The van der Waals surface area contributed by atoms with Crippen LogP contribution in [-0.2, 0) is 31.3 Å². The van der Waals surface area contributed by atoms with E-state index >= 15 is 0 Å². The zero-order valence-corrected chi connectivity index (χ0v) is 29.6. The molecule has 0 aromatic heterocycles. The molecule has 1 aliphatic carbocycles. The molecule has 6 N–H and O–H groups in total. The summed E-state index contributed by atoms with van der Waals surface area (Å²) >= 11 is 0. The molecule has 272 valence electrons. The molecule has 0 spiro atoms. The predicted octanol–water partition coefficient (Wildman–Crippen LogP) is 0.902. The first-order valence-electron chi connectivity index (χ1n) is 17.5. The van der Waals surface area contributed by atoms with E-state index in [1.807, 2.05) is 38.1 Å². The number of nitrogens with zero attached hydrogens (tertiary/aromatic N) is 2. The molecule has 12 heteroatoms. The van der Waals surface area contributed by atoms with Crippen molar-refractivity contribution in [3.8, 4) is 0 Å². The van der Waals surface area contributed by atoms with Gasteiger partial charge in [0.1, 0.15) is 24.4 Å². The van der Waals surface area contributed by atoms with Crippen molar-refractivity contribution in [1.29, 1.82) is 0 Å². The number of carbonyl (C=O) groups excluding carboxylic acids is 2. The summed E-state index contributed by atoms with van der Waals surface area (Å²) in [5.41, 5.74) is 0.525. The van der Waals surface area contributed by atoms with Gasteiger partial charge in [-0.25, -0.2) is 0 Å². The van der Waals surface area contributed by atoms with E-state index in [1.165, 1.54) is 18.7 Å². The Morgan fingerprint density at radius 3 is 2.55 bits per heavy atom. The lowest BCUT2D eigenvalue weighted by atomic mass is 9.75. The van der Waals surface area contributed by atoms with Crippen LogP contribution in [0.3, 0.4) is 0 Å². The Labute approximate surface area is 289 Å². The number of fused-ring (bicyclic) bond motifs is 2. The molecule has 3 fully saturated rings. The summed E-state index contributed by atoms with van der Waals surface area (Å²) in [7, 11) is 3.85. The van der Waals surface area contributed by atoms with Gasteiger partial charge in [-0.15, -0.1) is 0 Å². The molecule has 3 heterocycles. The topological polar surface area (TPSA) is 172 Å². The quantitative estimate of drug-likeness (QED) is 0.186. The Kier molecular flexibility index (Phi) is 11.1. The highest BCUT2D eigenvalue weighted by Crippen LogP contribution is 2.53. The van der Waals surface area contributed by atoms with Crippen molar-refractivity contribution < 1.29 is 44.6 Å². The van der Waals surface area contributed by atoms with Gasteiger partial charge in [-0.1, -0.05) is 48.9 Å². The van der Waals surface area contributed by atoms with Crippen molar-refractivity contribution in [1.82, 2.24) is 15.1 Å². The van der Waals surface area contributed by atoms with Gasteiger partial charge in [0.2, 0.25) is 17.6 Å². The Balaban J connectivity index is 1.19. The fraction of sp³-hybridized carbons (Fsp3) is 0.676. The maximum atomic E-state index is 13.1. The highest BCUT2D eigenvalue weighted by Gasteiger charge is 2.71. The van der Waals surface area contributed by atoms with Gasteiger partial charge >= 0.3 is 0 Å². The van der Waals surface area contributed by atoms with Gasteiger partial charge in [-0.05, 0) is 77.1 Å². The number of hydrogen-bond acceptors (Lipinski definition) is 10. The highest BCUT2D eigenvalue weighted by atomic mass is 16.8. The summed E-state index contributed by atoms with van der Waals surface area (Å²) in [5.74, 6) is -1.70. The normalized spacial score (nSPS) is 34.4. The number of aliphatic hydroxyl groups is 5. The van der Waals surface area contributed by atoms with Gasteiger partial charge in [0, 0.05) is 38.0 Å². The molecule has 49 heavy (non-hydrogen) atoms. The lowest BCUT2D eigenvalue weighted by molar-refractivity contribution is -0.348. The van der Waals surface area contributed by atoms with Crippen LogP contribution in [0.1, 0.15) is 63.1 Å². The van der Waals surface area contributed by atoms with Gasteiger partial charge in [0.25, 0.3) is 0 Å². The fourth-order valence-corrected chi connectivity index (χ4v) is 7.65. The first-order valence-corrected chi connectivity index (χ1v) is 17.5. The van der Waals surface area contributed by atoms with E-state index < -0.39 is 47.4 Å². The number of allylic oxidation sites excluding steroid dienone is 4. The predicted molar refractivity (Wildman–Crippen MR) is 182 cm³/mol. The van der Waals surface area contributed by atoms with Gasteiger partial charge in [-0.3, -0.25) is 9.59 Å². The molecule has 3 aliphatic heterocycles. The summed E-state index contributed by atoms with van der Waals surface area (Å²) in [4.78, 5) is 29.3. The molecule has 1 aromatic carbocycles. The maximum Gasteiger partial charge on any atom is 0.242 e. The number of β-amino-alcohol motifs (C(OH)–C–C–N with tert-alkyl or cyclic N) is 1. The third kappa shape index (κ3) is 7.38. The minimum Gasteiger partial charge on any atom is -0.391 e. The molecule has 5 rings (SSSR count). The van der Waals surface area contributed by atoms with Crippen LogP contribution in [0.25, 0.3) is 0 Å². The molecule has 2 bridgehead atoms. The van der Waals surface area contributed by atoms with Crippen molar-refractivity contribution in [3.63, 3.8) is 0 Å². The van der Waals surface area contributed by atoms with E-state index in [4.69, 9.17) is 9.47 Å². The molecule has 12 nitrogen and oxygen atoms in total. The highest BCUT2D eigenvalue weighted by molar-refractivity contribution is 5.88. The van der Waals surface area contributed by atoms with Crippen molar-refractivity contribution >= 4 is 11.8 Å². The fourth-order valence-electron chi connectivity index (χ4n) is 7.65. The third-order valence-corrected chi connectivity index (χ3v) is 10.9. The average molecular weight is 686 g/mol. The Morgan fingerprint density at radius 1 is 1.14 bits per heavy atom. The van der Waals surface area contributed by atoms with Crippen LogP contribution < -0.4 is 5.32 Å². The molecule has 0 radical (unpaired) electrons. The number of nitrogens with one attached hydrogen (secondary N) is 1. The second-order valence-corrected chi connectivity index (χ2v) is 15.3. The zero-order chi connectivity index (χ0) is 35.9. The number of aryl methyl sites for hydroxylation is 1. The molecule has 1 aromatic rings. The number of likely N-dealkylation sites (N-methyl/N-ethyl adjacent to an activating group) is 1. The number of ether oxygens (including phenoxy) is 2. The molecule has 4 unspecified atom stereocenters. The smallest absolute Gasteiger partial charge is 0.242 e. The number of amides is 2. The van der Waals surface area contributed by atoms with E-state index in [2.05, 4.69) is 30.5 Å². The van der Waals surface area contributed by atoms with Crippen LogP contribution in [0.15, 0.2) is 42.0 Å². The van der Waals surface area contributed by atoms with Gasteiger partial charge in [-0.2, -0.15) is 0 Å². The van der Waals surface area contributed by atoms with E-state index in [0.717, 1.165) is 23.1 Å². The number of hydrogen-bond donors (Lipinski definition) is 6. The second kappa shape index (κ2) is 14.5. The number of likely N-dealkylation sites (tertiary alicyclic amines) is 1. The van der Waals surface area contributed by atoms with Crippen LogP contribution in [0.5, 0.6) is 0 Å². The Bertz CT molecular complexity index is 1440. The standard InChI is InChI=1S/C37H55N3O9/c1-22-10-13-27(37-33(45)31(43)32(44)36(49-37,21-48-37)35(3,4)47)18-26(22)17-25-12-11-24(16-23(25)2)8-7-9-30(42)40-20-28(41)19-29(40)34(46)38-14-15-39(5)6/h10-13,16,18,23,25,28-29,31-33,41,43-45,47H,7-9,14-15,17,19-21H2,1-6H3,(H,38,46)/t23?,25?,28?,29?,31-,32-,33+,36-,37-/m0/s1. The summed E-state index contributed by atoms with van der Waals surface area (Å²) in [6.07, 6.45) is 3.70. The third-order valence-electron chi connectivity index (χ3n) is 10.9. The van der Waals surface area contributed by atoms with E-state index in [0.29, 0.717) is 37.9 Å². The first-order chi connectivity index (χ1) is 23.0. The molecular weight excluding hydrogens is 630 g/mol. The lowest BCUT2D eigenvalue weighted by Crippen LogP contribution is -2.70. The summed E-state index contributed by atoms with van der Waals surface area (Å²) in [6, 6.07) is 4.98. The molecule has 9 atom stereocenters. The van der Waals surface area contributed by atoms with Crippen molar-refractivity contribution in [2.24, 2.45) is 11.8 Å². The minimum atomic E-state index is -1.75. The molecule has 2 amide bonds. The molecule has 3 saturated heterocycles. The molecule has 4 aliphatic rings. The number of rotatable bonds is 12. The number of carbonyl (C=O) groups is 2. The summed E-state index contributed by atoms with van der Waals surface area (Å²) in [6.45, 7) is 8.29. The van der Waals surface area contributed by atoms with Crippen molar-refractivity contribution in [2.45, 2.75) is 107 Å². The Morgan fingerprint density at radius 2 is 1.88 bits per heavy atom. The zero-order valence-electron chi connectivity index (χ0n) is 29.6. The van der Waals surface area contributed by atoms with Crippen LogP contribution in [0.4, 0.5) is 0 Å². The maximum absolute atomic E-state index is 13.1. The second-order valence-electron chi connectivity index (χ2n) is 15.3. The van der Waals surface area contributed by atoms with Gasteiger partial charge in [0.05, 0.1) is 18.3 Å². The van der Waals surface area contributed by atoms with Gasteiger partial charge < -0.3 is 50.1 Å². The lowest BCUT2D eigenvalue weighted by Gasteiger charge is -2.50. The van der Waals surface area contributed by atoms with Crippen LogP contribution in [0.2, 0.25) is 0 Å². The van der Waals surface area contributed by atoms with Crippen LogP contribution in [0, 0.1) is 18.8 Å². The monoisotopic (exact) mass is 685 g/mol. The number of benzene rings is 1. The SMILES string of the molecule is Cc1ccc([C@]23OC[C@](C(C)(C)O)(O2)[C@@H](O)[C@H](O)[C@H]3O)cc1CC1C=CC(CCCC(=O)N2CC(O)CC2C(=O)NCCN(C)C)=CC1C. The van der Waals surface area contributed by atoms with Gasteiger partial charge in [0.15, 0.2) is 5.60 Å². The van der Waals surface area contributed by atoms with Crippen LogP contribution in [-0.4, -0.2) is 129 Å². The van der Waals surface area contributed by atoms with E-state index in [9.17, 15) is 35.1 Å². The van der Waals surface area contributed by atoms with E-state index in [1.54, 1.807) is 6.07 Å². The van der Waals surface area contributed by atoms with Crippen molar-refractivity contribution in [3.05, 3.63) is 58.7 Å². The average Bonchev–Trinajstić information content (AvgIpc) is 3.63. The van der Waals surface area contributed by atoms with Crippen LogP contribution >= 0.6 is 0 Å². The molecular formula is C37H55N3O9. The molecule has 0 saturated carbocycles. The summed E-state index contributed by atoms with van der Waals surface area (Å²) < 4.78 is 12.3. The largest absolute Gasteiger partial charge is 0.391 e. The first kappa shape index (κ1) is 37.6. The Hall–Kier alpha value is -2.68. The summed E-state index contributed by atoms with van der Waals surface area (Å²) in [5, 5.41) is 56.8.